The monoisotopic (exact) mass is 390 g/mol. The van der Waals surface area contributed by atoms with E-state index in [4.69, 9.17) is 0 Å². The van der Waals surface area contributed by atoms with Gasteiger partial charge in [0.25, 0.3) is 5.56 Å². The Balaban J connectivity index is 2.16. The van der Waals surface area contributed by atoms with Crippen molar-refractivity contribution >= 4 is 34.6 Å². The van der Waals surface area contributed by atoms with Gasteiger partial charge in [-0.1, -0.05) is 44.7 Å². The van der Waals surface area contributed by atoms with Crippen molar-refractivity contribution in [3.8, 4) is 0 Å². The van der Waals surface area contributed by atoms with Gasteiger partial charge in [0.05, 0.1) is 16.7 Å². The normalized spacial score (nSPS) is 12.2. The molecule has 0 aliphatic rings. The molecular formula is C19H26N4O3S. The van der Waals surface area contributed by atoms with Crippen molar-refractivity contribution in [2.75, 3.05) is 5.75 Å². The number of thioether (sulfide) groups is 1. The molecular weight excluding hydrogens is 364 g/mol. The average Bonchev–Trinajstić information content (AvgIpc) is 2.62. The van der Waals surface area contributed by atoms with Crippen LogP contribution in [0.25, 0.3) is 10.9 Å². The molecule has 0 radical (unpaired) electrons. The highest BCUT2D eigenvalue weighted by molar-refractivity contribution is 7.99. The molecule has 2 aromatic rings. The van der Waals surface area contributed by atoms with Gasteiger partial charge in [-0.15, -0.1) is 0 Å². The van der Waals surface area contributed by atoms with E-state index in [-0.39, 0.29) is 23.3 Å². The molecule has 0 fully saturated rings. The number of carbonyl (C=O) groups excluding carboxylic acids is 2. The number of aromatic nitrogens is 2. The standard InChI is InChI=1S/C19H26N4O3S/c1-5-13(4)20-18(26)22-16(24)11-27-19-21-15-9-7-6-8-14(15)17(25)23(19)10-12(2)3/h6-9,12-13H,5,10-11H2,1-4H3,(H2,20,22,24,26)/t13-/m0/s1. The first-order chi connectivity index (χ1) is 12.8. The van der Waals surface area contributed by atoms with Gasteiger partial charge < -0.3 is 5.32 Å². The maximum absolute atomic E-state index is 12.8. The average molecular weight is 391 g/mol. The Morgan fingerprint density at radius 1 is 1.22 bits per heavy atom. The van der Waals surface area contributed by atoms with Crippen LogP contribution in [0.4, 0.5) is 4.79 Å². The Morgan fingerprint density at radius 3 is 2.59 bits per heavy atom. The van der Waals surface area contributed by atoms with Crippen LogP contribution in [-0.2, 0) is 11.3 Å². The van der Waals surface area contributed by atoms with Crippen LogP contribution in [0.2, 0.25) is 0 Å². The summed E-state index contributed by atoms with van der Waals surface area (Å²) in [6.45, 7) is 8.35. The predicted molar refractivity (Wildman–Crippen MR) is 108 cm³/mol. The largest absolute Gasteiger partial charge is 0.335 e. The second-order valence-electron chi connectivity index (χ2n) is 6.84. The zero-order valence-corrected chi connectivity index (χ0v) is 16.9. The van der Waals surface area contributed by atoms with Crippen molar-refractivity contribution in [2.24, 2.45) is 5.92 Å². The number of imide groups is 1. The Labute approximate surface area is 162 Å². The fourth-order valence-electron chi connectivity index (χ4n) is 2.44. The summed E-state index contributed by atoms with van der Waals surface area (Å²) in [6, 6.07) is 6.63. The Bertz CT molecular complexity index is 879. The molecule has 7 nitrogen and oxygen atoms in total. The molecule has 1 aromatic heterocycles. The van der Waals surface area contributed by atoms with Gasteiger partial charge in [-0.05, 0) is 31.4 Å². The fraction of sp³-hybridized carbons (Fsp3) is 0.474. The summed E-state index contributed by atoms with van der Waals surface area (Å²) in [5, 5.41) is 6.01. The van der Waals surface area contributed by atoms with Crippen LogP contribution in [-0.4, -0.2) is 33.3 Å². The maximum Gasteiger partial charge on any atom is 0.321 e. The van der Waals surface area contributed by atoms with E-state index in [2.05, 4.69) is 15.6 Å². The summed E-state index contributed by atoms with van der Waals surface area (Å²) in [7, 11) is 0. The first-order valence-electron chi connectivity index (χ1n) is 9.04. The van der Waals surface area contributed by atoms with Crippen molar-refractivity contribution in [1.82, 2.24) is 20.2 Å². The molecule has 27 heavy (non-hydrogen) atoms. The number of rotatable bonds is 7. The lowest BCUT2D eigenvalue weighted by Crippen LogP contribution is -2.44. The zero-order valence-electron chi connectivity index (χ0n) is 16.1. The first kappa shape index (κ1) is 21.0. The van der Waals surface area contributed by atoms with E-state index in [1.807, 2.05) is 33.8 Å². The minimum absolute atomic E-state index is 0.00317. The van der Waals surface area contributed by atoms with Crippen LogP contribution >= 0.6 is 11.8 Å². The predicted octanol–water partition coefficient (Wildman–Crippen LogP) is 2.77. The number of hydrogen-bond acceptors (Lipinski definition) is 5. The van der Waals surface area contributed by atoms with E-state index in [0.717, 1.165) is 18.2 Å². The number of hydrogen-bond donors (Lipinski definition) is 2. The molecule has 3 amide bonds. The number of carbonyl (C=O) groups is 2. The van der Waals surface area contributed by atoms with Gasteiger partial charge in [0.2, 0.25) is 5.91 Å². The fourth-order valence-corrected chi connectivity index (χ4v) is 3.25. The lowest BCUT2D eigenvalue weighted by atomic mass is 10.2. The lowest BCUT2D eigenvalue weighted by Gasteiger charge is -2.15. The van der Waals surface area contributed by atoms with Crippen molar-refractivity contribution in [1.29, 1.82) is 0 Å². The smallest absolute Gasteiger partial charge is 0.321 e. The quantitative estimate of drug-likeness (QED) is 0.560. The highest BCUT2D eigenvalue weighted by Gasteiger charge is 2.15. The molecule has 0 saturated carbocycles. The minimum atomic E-state index is -0.513. The van der Waals surface area contributed by atoms with E-state index in [1.54, 1.807) is 22.8 Å². The molecule has 0 unspecified atom stereocenters. The van der Waals surface area contributed by atoms with Gasteiger partial charge in [0, 0.05) is 12.6 Å². The van der Waals surface area contributed by atoms with Crippen LogP contribution in [0.1, 0.15) is 34.1 Å². The molecule has 0 aliphatic heterocycles. The summed E-state index contributed by atoms with van der Waals surface area (Å²) in [5.74, 6) is -0.184. The number of fused-ring (bicyclic) bond motifs is 1. The SMILES string of the molecule is CC[C@H](C)NC(=O)NC(=O)CSc1nc2ccccc2c(=O)n1CC(C)C. The molecule has 0 spiro atoms. The van der Waals surface area contributed by atoms with Crippen LogP contribution < -0.4 is 16.2 Å². The summed E-state index contributed by atoms with van der Waals surface area (Å²) in [6.07, 6.45) is 0.777. The van der Waals surface area contributed by atoms with Crippen LogP contribution in [0.15, 0.2) is 34.2 Å². The van der Waals surface area contributed by atoms with Gasteiger partial charge in [0.15, 0.2) is 5.16 Å². The Morgan fingerprint density at radius 2 is 1.93 bits per heavy atom. The molecule has 146 valence electrons. The molecule has 1 aromatic carbocycles. The molecule has 0 aliphatic carbocycles. The number of urea groups is 1. The maximum atomic E-state index is 12.8. The Hall–Kier alpha value is -2.35. The van der Waals surface area contributed by atoms with Gasteiger partial charge in [0.1, 0.15) is 0 Å². The van der Waals surface area contributed by atoms with Gasteiger partial charge in [-0.3, -0.25) is 19.5 Å². The number of nitrogens with one attached hydrogen (secondary N) is 2. The van der Waals surface area contributed by atoms with E-state index < -0.39 is 11.9 Å². The van der Waals surface area contributed by atoms with Crippen molar-refractivity contribution in [3.63, 3.8) is 0 Å². The topological polar surface area (TPSA) is 93.1 Å². The molecule has 2 N–H and O–H groups in total. The second kappa shape index (κ2) is 9.55. The number of nitrogens with zero attached hydrogens (tertiary/aromatic N) is 2. The number of para-hydroxylation sites is 1. The first-order valence-corrected chi connectivity index (χ1v) is 10.0. The zero-order chi connectivity index (χ0) is 20.0. The highest BCUT2D eigenvalue weighted by atomic mass is 32.2. The molecule has 8 heteroatoms. The molecule has 1 atom stereocenters. The molecule has 0 saturated heterocycles. The van der Waals surface area contributed by atoms with Crippen LogP contribution in [0.3, 0.4) is 0 Å². The lowest BCUT2D eigenvalue weighted by molar-refractivity contribution is -0.117. The van der Waals surface area contributed by atoms with Gasteiger partial charge >= 0.3 is 6.03 Å². The third-order valence-corrected chi connectivity index (χ3v) is 4.93. The molecule has 0 bridgehead atoms. The van der Waals surface area contributed by atoms with Gasteiger partial charge in [-0.25, -0.2) is 9.78 Å². The van der Waals surface area contributed by atoms with E-state index in [0.29, 0.717) is 22.6 Å². The van der Waals surface area contributed by atoms with E-state index >= 15 is 0 Å². The number of benzene rings is 1. The van der Waals surface area contributed by atoms with Crippen molar-refractivity contribution in [2.45, 2.75) is 51.9 Å². The van der Waals surface area contributed by atoms with Gasteiger partial charge in [-0.2, -0.15) is 0 Å². The third-order valence-electron chi connectivity index (χ3n) is 3.95. The number of amides is 3. The summed E-state index contributed by atoms with van der Waals surface area (Å²) < 4.78 is 1.60. The van der Waals surface area contributed by atoms with Crippen molar-refractivity contribution in [3.05, 3.63) is 34.6 Å². The second-order valence-corrected chi connectivity index (χ2v) is 7.78. The summed E-state index contributed by atoms with van der Waals surface area (Å²) >= 11 is 1.15. The Kier molecular flexibility index (Phi) is 7.41. The molecule has 1 heterocycles. The van der Waals surface area contributed by atoms with Crippen LogP contribution in [0, 0.1) is 5.92 Å². The van der Waals surface area contributed by atoms with E-state index in [1.165, 1.54) is 0 Å². The minimum Gasteiger partial charge on any atom is -0.335 e. The molecule has 2 rings (SSSR count). The summed E-state index contributed by atoms with van der Waals surface area (Å²) in [5.41, 5.74) is 0.478. The summed E-state index contributed by atoms with van der Waals surface area (Å²) in [4.78, 5) is 41.2. The van der Waals surface area contributed by atoms with Crippen LogP contribution in [0.5, 0.6) is 0 Å². The highest BCUT2D eigenvalue weighted by Crippen LogP contribution is 2.18. The third kappa shape index (κ3) is 5.82. The van der Waals surface area contributed by atoms with E-state index in [9.17, 15) is 14.4 Å². The van der Waals surface area contributed by atoms with Crippen molar-refractivity contribution < 1.29 is 9.59 Å².